The number of nitrogens with one attached hydrogen (secondary N) is 6. The van der Waals surface area contributed by atoms with Gasteiger partial charge in [-0.25, -0.2) is 0 Å². The molecule has 0 bridgehead atoms. The fourth-order valence-electron chi connectivity index (χ4n) is 8.14. The first-order valence-corrected chi connectivity index (χ1v) is 23.5. The molecule has 71 heavy (non-hydrogen) atoms. The summed E-state index contributed by atoms with van der Waals surface area (Å²) < 4.78 is 0. The van der Waals surface area contributed by atoms with Gasteiger partial charge in [-0.1, -0.05) is 13.8 Å². The average molecular weight is 1010 g/mol. The molecule has 9 amide bonds. The first-order valence-electron chi connectivity index (χ1n) is 23.5. The summed E-state index contributed by atoms with van der Waals surface area (Å²) in [4.78, 5) is 166. The number of aliphatic carboxylic acids is 4. The van der Waals surface area contributed by atoms with Crippen molar-refractivity contribution in [2.75, 3.05) is 26.2 Å². The fraction of sp³-hybridized carbons (Fsp3) is 0.705. The molecule has 9 unspecified atom stereocenters. The molecular weight excluding hydrogens is 941 g/mol. The second-order valence-electron chi connectivity index (χ2n) is 18.1. The number of nitrogens with two attached hydrogens (primary N) is 1. The topological polar surface area (TPSA) is 411 Å². The van der Waals surface area contributed by atoms with E-state index in [0.717, 1.165) is 6.92 Å². The van der Waals surface area contributed by atoms with Crippen LogP contribution in [0.5, 0.6) is 0 Å². The van der Waals surface area contributed by atoms with Gasteiger partial charge < -0.3 is 72.8 Å². The lowest BCUT2D eigenvalue weighted by molar-refractivity contribution is -0.148. The van der Waals surface area contributed by atoms with Gasteiger partial charge in [-0.3, -0.25) is 62.3 Å². The van der Waals surface area contributed by atoms with E-state index in [4.69, 9.17) is 20.7 Å². The lowest BCUT2D eigenvalue weighted by Crippen LogP contribution is -2.58. The molecule has 12 N–H and O–H groups in total. The molecular formula is C44H70N10O17. The quantitative estimate of drug-likeness (QED) is 0.0454. The van der Waals surface area contributed by atoms with Crippen LogP contribution in [-0.4, -0.2) is 193 Å². The van der Waals surface area contributed by atoms with Crippen LogP contribution in [0.2, 0.25) is 0 Å². The zero-order valence-corrected chi connectivity index (χ0v) is 40.9. The van der Waals surface area contributed by atoms with Crippen molar-refractivity contribution in [3.05, 3.63) is 0 Å². The Bertz CT molecular complexity index is 2000. The lowest BCUT2D eigenvalue weighted by Gasteiger charge is -2.33. The molecule has 3 aliphatic heterocycles. The maximum Gasteiger partial charge on any atom is 0.325 e. The highest BCUT2D eigenvalue weighted by molar-refractivity contribution is 5.98. The summed E-state index contributed by atoms with van der Waals surface area (Å²) in [5, 5.41) is 49.7. The van der Waals surface area contributed by atoms with Crippen LogP contribution in [0.1, 0.15) is 112 Å². The molecule has 0 aromatic heterocycles. The van der Waals surface area contributed by atoms with E-state index in [9.17, 15) is 67.7 Å². The van der Waals surface area contributed by atoms with Crippen LogP contribution in [0.3, 0.4) is 0 Å². The third kappa shape index (κ3) is 19.4. The van der Waals surface area contributed by atoms with Gasteiger partial charge in [0.05, 0.1) is 12.6 Å². The van der Waals surface area contributed by atoms with Gasteiger partial charge in [-0.15, -0.1) is 0 Å². The monoisotopic (exact) mass is 1010 g/mol. The van der Waals surface area contributed by atoms with Gasteiger partial charge >= 0.3 is 17.9 Å². The molecule has 0 spiro atoms. The van der Waals surface area contributed by atoms with Crippen molar-refractivity contribution in [1.82, 2.24) is 46.6 Å². The summed E-state index contributed by atoms with van der Waals surface area (Å²) in [5.74, 6) is -10.9. The van der Waals surface area contributed by atoms with Gasteiger partial charge in [0.1, 0.15) is 48.3 Å². The van der Waals surface area contributed by atoms with E-state index in [0.29, 0.717) is 19.3 Å². The van der Waals surface area contributed by atoms with Crippen molar-refractivity contribution in [1.29, 1.82) is 0 Å². The van der Waals surface area contributed by atoms with E-state index in [2.05, 4.69) is 31.9 Å². The van der Waals surface area contributed by atoms with Gasteiger partial charge in [0.25, 0.3) is 5.97 Å². The molecule has 398 valence electrons. The van der Waals surface area contributed by atoms with E-state index in [-0.39, 0.29) is 70.5 Å². The molecule has 3 heterocycles. The predicted molar refractivity (Wildman–Crippen MR) is 246 cm³/mol. The average Bonchev–Trinajstić information content (AvgIpc) is 4.09. The molecule has 0 aliphatic carbocycles. The normalized spacial score (nSPS) is 19.8. The summed E-state index contributed by atoms with van der Waals surface area (Å²) in [6.45, 7) is 8.48. The Kier molecular flexibility index (Phi) is 24.3. The minimum atomic E-state index is -1.39. The maximum atomic E-state index is 14.1. The van der Waals surface area contributed by atoms with Crippen molar-refractivity contribution in [2.24, 2.45) is 11.7 Å². The lowest BCUT2D eigenvalue weighted by atomic mass is 10.0. The first-order chi connectivity index (χ1) is 33.2. The molecule has 3 aliphatic rings. The molecule has 3 fully saturated rings. The highest BCUT2D eigenvalue weighted by Gasteiger charge is 2.45. The Labute approximate surface area is 410 Å². The van der Waals surface area contributed by atoms with Crippen LogP contribution < -0.4 is 37.6 Å². The predicted octanol–water partition coefficient (Wildman–Crippen LogP) is -3.16. The van der Waals surface area contributed by atoms with E-state index in [1.807, 2.05) is 0 Å². The van der Waals surface area contributed by atoms with Crippen LogP contribution in [-0.2, 0) is 62.3 Å². The highest BCUT2D eigenvalue weighted by Crippen LogP contribution is 2.26. The van der Waals surface area contributed by atoms with Crippen LogP contribution in [0, 0.1) is 5.92 Å². The molecule has 0 aromatic rings. The molecule has 0 radical (unpaired) electrons. The molecule has 0 saturated carbocycles. The van der Waals surface area contributed by atoms with Crippen LogP contribution >= 0.6 is 0 Å². The van der Waals surface area contributed by atoms with Crippen LogP contribution in [0.15, 0.2) is 0 Å². The van der Waals surface area contributed by atoms with Crippen molar-refractivity contribution < 1.29 is 82.8 Å². The van der Waals surface area contributed by atoms with Crippen LogP contribution in [0.4, 0.5) is 0 Å². The van der Waals surface area contributed by atoms with E-state index >= 15 is 0 Å². The Balaban J connectivity index is 0.00000415. The number of amides is 9. The van der Waals surface area contributed by atoms with Crippen molar-refractivity contribution >= 4 is 77.0 Å². The third-order valence-corrected chi connectivity index (χ3v) is 11.8. The summed E-state index contributed by atoms with van der Waals surface area (Å²) in [7, 11) is 0. The Morgan fingerprint density at radius 2 is 1.04 bits per heavy atom. The number of hydrogen-bond acceptors (Lipinski definition) is 14. The number of nitrogens with zero attached hydrogens (tertiary/aromatic N) is 3. The fourth-order valence-corrected chi connectivity index (χ4v) is 8.14. The van der Waals surface area contributed by atoms with E-state index in [1.165, 1.54) is 35.5 Å². The van der Waals surface area contributed by atoms with E-state index < -0.39 is 144 Å². The maximum absolute atomic E-state index is 14.1. The van der Waals surface area contributed by atoms with E-state index in [1.54, 1.807) is 13.8 Å². The van der Waals surface area contributed by atoms with Gasteiger partial charge in [-0.2, -0.15) is 0 Å². The number of likely N-dealkylation sites (tertiary alicyclic amines) is 3. The molecule has 0 aromatic carbocycles. The minimum absolute atomic E-state index is 0.0748. The number of hydrogen-bond donors (Lipinski definition) is 11. The zero-order chi connectivity index (χ0) is 53.9. The zero-order valence-electron chi connectivity index (χ0n) is 40.9. The summed E-state index contributed by atoms with van der Waals surface area (Å²) in [6, 6.07) is -10.4. The largest absolute Gasteiger partial charge is 0.481 e. The Morgan fingerprint density at radius 3 is 1.58 bits per heavy atom. The molecule has 27 heteroatoms. The second-order valence-corrected chi connectivity index (χ2v) is 18.1. The molecule has 3 rings (SSSR count). The van der Waals surface area contributed by atoms with Gasteiger partial charge in [0.2, 0.25) is 53.2 Å². The van der Waals surface area contributed by atoms with Gasteiger partial charge in [-0.05, 0) is 84.5 Å². The number of carboxylic acid groups (broad SMARTS) is 4. The third-order valence-electron chi connectivity index (χ3n) is 11.8. The number of carbonyl (C=O) groups excluding carboxylic acids is 9. The summed E-state index contributed by atoms with van der Waals surface area (Å²) >= 11 is 0. The Morgan fingerprint density at radius 1 is 0.549 bits per heavy atom. The van der Waals surface area contributed by atoms with Gasteiger partial charge in [0.15, 0.2) is 0 Å². The van der Waals surface area contributed by atoms with Crippen molar-refractivity contribution in [2.45, 2.75) is 167 Å². The van der Waals surface area contributed by atoms with Crippen molar-refractivity contribution in [3.63, 3.8) is 0 Å². The smallest absolute Gasteiger partial charge is 0.325 e. The first kappa shape index (κ1) is 60.2. The standard InChI is InChI=1S/C42H66N10O15.C2H4O2/c1-21(2)19-27(49-35(59)25(43)12-14-32(54)55)36(60)46-22(3)34(58)44-20-31(53)45-23(4)39(63)52-18-8-11-30(52)41(65)51-17-7-10-29(51)38(62)48-26(13-15-33(56)57)40(64)50-16-6-9-28(50)37(61)47-24(5)42(66)67;1-2(3)4/h21-30H,6-20,43H2,1-5H3,(H,44,58)(H,45,53)(H,46,60)(H,47,61)(H,48,62)(H,49,59)(H,54,55)(H,56,57)(H,66,67);1H3,(H,3,4). The SMILES string of the molecule is CC(=O)O.CC(C)CC(NC(=O)C(N)CCC(=O)O)C(=O)NC(C)C(=O)NCC(=O)NC(C)C(=O)N1CCCC1C(=O)N1CCCC1C(=O)NC(CCC(=O)O)C(=O)N1CCCC1C(=O)NC(C)C(=O)O. The molecule has 27 nitrogen and oxygen atoms in total. The summed E-state index contributed by atoms with van der Waals surface area (Å²) in [6.07, 6.45) is 0.688. The second kappa shape index (κ2) is 28.7. The Hall–Kier alpha value is -6.93. The molecule has 3 saturated heterocycles. The highest BCUT2D eigenvalue weighted by atomic mass is 16.4. The van der Waals surface area contributed by atoms with Crippen molar-refractivity contribution in [3.8, 4) is 0 Å². The number of carboxylic acids is 4. The number of carbonyl (C=O) groups is 13. The minimum Gasteiger partial charge on any atom is -0.481 e. The number of rotatable bonds is 24. The van der Waals surface area contributed by atoms with Gasteiger partial charge in [0, 0.05) is 39.4 Å². The summed E-state index contributed by atoms with van der Waals surface area (Å²) in [5.41, 5.74) is 5.78. The van der Waals surface area contributed by atoms with Crippen LogP contribution in [0.25, 0.3) is 0 Å². The molecule has 9 atom stereocenters.